The van der Waals surface area contributed by atoms with Gasteiger partial charge in [0.15, 0.2) is 0 Å². The minimum Gasteiger partial charge on any atom is -0.0651 e. The predicted molar refractivity (Wildman–Crippen MR) is 69.0 cm³/mol. The molecule has 0 amide bonds. The van der Waals surface area contributed by atoms with Crippen molar-refractivity contribution in [1.29, 1.82) is 0 Å². The van der Waals surface area contributed by atoms with Crippen molar-refractivity contribution in [2.24, 2.45) is 23.7 Å². The highest BCUT2D eigenvalue weighted by atomic mass is 14.3. The van der Waals surface area contributed by atoms with Gasteiger partial charge in [0.1, 0.15) is 0 Å². The Balaban J connectivity index is 2.18. The van der Waals surface area contributed by atoms with E-state index in [1.807, 2.05) is 0 Å². The van der Waals surface area contributed by atoms with Crippen LogP contribution in [0.4, 0.5) is 0 Å². The van der Waals surface area contributed by atoms with Crippen molar-refractivity contribution in [3.63, 3.8) is 0 Å². The van der Waals surface area contributed by atoms with Crippen LogP contribution in [0.2, 0.25) is 0 Å². The summed E-state index contributed by atoms with van der Waals surface area (Å²) in [7, 11) is 0. The molecule has 1 atom stereocenters. The highest BCUT2D eigenvalue weighted by Crippen LogP contribution is 2.33. The molecule has 1 fully saturated rings. The zero-order valence-corrected chi connectivity index (χ0v) is 11.3. The lowest BCUT2D eigenvalue weighted by Crippen LogP contribution is -2.15. The van der Waals surface area contributed by atoms with Gasteiger partial charge in [-0.1, -0.05) is 66.2 Å². The van der Waals surface area contributed by atoms with Crippen molar-refractivity contribution in [1.82, 2.24) is 0 Å². The van der Waals surface area contributed by atoms with Gasteiger partial charge < -0.3 is 0 Å². The molecular weight excluding hydrogens is 180 g/mol. The Bertz CT molecular complexity index is 151. The number of hydrogen-bond donors (Lipinski definition) is 0. The smallest absolute Gasteiger partial charge is 0.0394 e. The Morgan fingerprint density at radius 1 is 1.07 bits per heavy atom. The van der Waals surface area contributed by atoms with Crippen molar-refractivity contribution < 1.29 is 0 Å². The van der Waals surface area contributed by atoms with E-state index in [2.05, 4.69) is 27.7 Å². The molecule has 1 saturated carbocycles. The quantitative estimate of drug-likeness (QED) is 0.579. The maximum Gasteiger partial charge on any atom is -0.0394 e. The summed E-state index contributed by atoms with van der Waals surface area (Å²) in [6.07, 6.45) is 10.4. The summed E-state index contributed by atoms with van der Waals surface area (Å²) in [5, 5.41) is 0. The van der Waals surface area contributed by atoms with Crippen LogP contribution >= 0.6 is 0 Å². The molecule has 0 saturated heterocycles. The van der Waals surface area contributed by atoms with E-state index in [-0.39, 0.29) is 0 Å². The molecule has 0 radical (unpaired) electrons. The lowest BCUT2D eigenvalue weighted by molar-refractivity contribution is 0.242. The van der Waals surface area contributed by atoms with E-state index < -0.39 is 0 Å². The third-order valence-electron chi connectivity index (χ3n) is 4.55. The van der Waals surface area contributed by atoms with Gasteiger partial charge in [-0.25, -0.2) is 0 Å². The van der Waals surface area contributed by atoms with Gasteiger partial charge in [-0.2, -0.15) is 0 Å². The van der Waals surface area contributed by atoms with Gasteiger partial charge in [0.2, 0.25) is 0 Å². The number of hydrogen-bond acceptors (Lipinski definition) is 0. The van der Waals surface area contributed by atoms with Crippen LogP contribution in [0.25, 0.3) is 0 Å². The Labute approximate surface area is 96.8 Å². The van der Waals surface area contributed by atoms with E-state index in [0.29, 0.717) is 0 Å². The van der Waals surface area contributed by atoms with E-state index in [9.17, 15) is 0 Å². The fraction of sp³-hybridized carbons (Fsp3) is 1.00. The molecule has 1 unspecified atom stereocenters. The first kappa shape index (κ1) is 13.1. The number of rotatable bonds is 5. The average Bonchev–Trinajstić information content (AvgIpc) is 2.21. The van der Waals surface area contributed by atoms with Crippen LogP contribution in [0.1, 0.15) is 72.6 Å². The highest BCUT2D eigenvalue weighted by Gasteiger charge is 2.19. The van der Waals surface area contributed by atoms with E-state index in [1.54, 1.807) is 0 Å². The van der Waals surface area contributed by atoms with E-state index in [4.69, 9.17) is 0 Å². The molecule has 1 aliphatic carbocycles. The van der Waals surface area contributed by atoms with E-state index >= 15 is 0 Å². The molecule has 90 valence electrons. The van der Waals surface area contributed by atoms with Crippen molar-refractivity contribution in [2.75, 3.05) is 0 Å². The Morgan fingerprint density at radius 2 is 1.67 bits per heavy atom. The summed E-state index contributed by atoms with van der Waals surface area (Å²) >= 11 is 0. The molecule has 1 aliphatic rings. The molecule has 0 aromatic heterocycles. The standard InChI is InChI=1S/C15H30/c1-5-15(12(2)3)11-10-14-8-6-13(4)7-9-14/h12-15H,5-11H2,1-4H3. The molecule has 0 N–H and O–H groups in total. The summed E-state index contributed by atoms with van der Waals surface area (Å²) in [6, 6.07) is 0. The molecule has 15 heavy (non-hydrogen) atoms. The van der Waals surface area contributed by atoms with Crippen LogP contribution in [-0.2, 0) is 0 Å². The Morgan fingerprint density at radius 3 is 2.13 bits per heavy atom. The molecule has 0 heteroatoms. The molecule has 1 rings (SSSR count). The van der Waals surface area contributed by atoms with Crippen LogP contribution in [0.3, 0.4) is 0 Å². The van der Waals surface area contributed by atoms with Gasteiger partial charge in [0.25, 0.3) is 0 Å². The lowest BCUT2D eigenvalue weighted by Gasteiger charge is -2.28. The highest BCUT2D eigenvalue weighted by molar-refractivity contribution is 4.72. The van der Waals surface area contributed by atoms with Crippen molar-refractivity contribution in [2.45, 2.75) is 72.6 Å². The Kier molecular flexibility index (Phi) is 5.71. The second kappa shape index (κ2) is 6.55. The summed E-state index contributed by atoms with van der Waals surface area (Å²) in [5.74, 6) is 3.93. The van der Waals surface area contributed by atoms with Crippen LogP contribution in [0.5, 0.6) is 0 Å². The monoisotopic (exact) mass is 210 g/mol. The van der Waals surface area contributed by atoms with Crippen molar-refractivity contribution in [3.8, 4) is 0 Å². The third kappa shape index (κ3) is 4.57. The summed E-state index contributed by atoms with van der Waals surface area (Å²) in [4.78, 5) is 0. The third-order valence-corrected chi connectivity index (χ3v) is 4.55. The van der Waals surface area contributed by atoms with Gasteiger partial charge in [-0.05, 0) is 30.1 Å². The molecule has 0 aromatic rings. The first-order chi connectivity index (χ1) is 7.13. The summed E-state index contributed by atoms with van der Waals surface area (Å²) in [6.45, 7) is 9.54. The Hall–Kier alpha value is 0. The zero-order valence-electron chi connectivity index (χ0n) is 11.3. The normalized spacial score (nSPS) is 29.4. The maximum atomic E-state index is 2.42. The van der Waals surface area contributed by atoms with E-state index in [0.717, 1.165) is 23.7 Å². The predicted octanol–water partition coefficient (Wildman–Crippen LogP) is 5.28. The lowest BCUT2D eigenvalue weighted by atomic mass is 9.78. The van der Waals surface area contributed by atoms with Crippen molar-refractivity contribution in [3.05, 3.63) is 0 Å². The molecule has 0 nitrogen and oxygen atoms in total. The van der Waals surface area contributed by atoms with Crippen LogP contribution in [0.15, 0.2) is 0 Å². The zero-order chi connectivity index (χ0) is 11.3. The largest absolute Gasteiger partial charge is 0.0651 e. The maximum absolute atomic E-state index is 2.42. The van der Waals surface area contributed by atoms with Gasteiger partial charge in [-0.15, -0.1) is 0 Å². The minimum absolute atomic E-state index is 0.887. The SMILES string of the molecule is CCC(CCC1CCC(C)CC1)C(C)C. The second-order valence-electron chi connectivity index (χ2n) is 6.12. The van der Waals surface area contributed by atoms with Gasteiger partial charge in [-0.3, -0.25) is 0 Å². The summed E-state index contributed by atoms with van der Waals surface area (Å²) < 4.78 is 0. The fourth-order valence-corrected chi connectivity index (χ4v) is 3.08. The molecular formula is C15H30. The molecule has 0 bridgehead atoms. The van der Waals surface area contributed by atoms with Crippen LogP contribution in [-0.4, -0.2) is 0 Å². The van der Waals surface area contributed by atoms with Crippen molar-refractivity contribution >= 4 is 0 Å². The first-order valence-corrected chi connectivity index (χ1v) is 7.13. The van der Waals surface area contributed by atoms with Crippen LogP contribution in [0, 0.1) is 23.7 Å². The van der Waals surface area contributed by atoms with Gasteiger partial charge in [0.05, 0.1) is 0 Å². The summed E-state index contributed by atoms with van der Waals surface area (Å²) in [5.41, 5.74) is 0. The topological polar surface area (TPSA) is 0 Å². The molecule has 0 heterocycles. The first-order valence-electron chi connectivity index (χ1n) is 7.13. The van der Waals surface area contributed by atoms with Gasteiger partial charge >= 0.3 is 0 Å². The average molecular weight is 210 g/mol. The molecule has 0 aliphatic heterocycles. The fourth-order valence-electron chi connectivity index (χ4n) is 3.08. The van der Waals surface area contributed by atoms with Crippen LogP contribution < -0.4 is 0 Å². The molecule has 0 spiro atoms. The molecule has 0 aromatic carbocycles. The minimum atomic E-state index is 0.887. The second-order valence-corrected chi connectivity index (χ2v) is 6.12. The van der Waals surface area contributed by atoms with Gasteiger partial charge in [0, 0.05) is 0 Å². The van der Waals surface area contributed by atoms with E-state index in [1.165, 1.54) is 44.9 Å².